The molecule has 3 rings (SSSR count). The van der Waals surface area contributed by atoms with Crippen LogP contribution in [0.1, 0.15) is 30.1 Å². The Morgan fingerprint density at radius 1 is 1.26 bits per heavy atom. The van der Waals surface area contributed by atoms with Gasteiger partial charge in [-0.15, -0.1) is 0 Å². The minimum Gasteiger partial charge on any atom is -0.308 e. The molecule has 0 saturated heterocycles. The fourth-order valence-corrected chi connectivity index (χ4v) is 2.79. The van der Waals surface area contributed by atoms with E-state index in [2.05, 4.69) is 34.5 Å². The molecule has 1 heterocycles. The largest absolute Gasteiger partial charge is 0.308 e. The molecule has 0 bridgehead atoms. The molecule has 1 aromatic carbocycles. The Morgan fingerprint density at radius 3 is 2.74 bits per heavy atom. The molecule has 0 spiro atoms. The van der Waals surface area contributed by atoms with Crippen molar-refractivity contribution in [3.05, 3.63) is 41.7 Å². The van der Waals surface area contributed by atoms with Gasteiger partial charge in [-0.3, -0.25) is 0 Å². The first kappa shape index (κ1) is 12.4. The molecule has 0 aliphatic heterocycles. The van der Waals surface area contributed by atoms with Crippen LogP contribution in [0.15, 0.2) is 40.3 Å². The third-order valence-electron chi connectivity index (χ3n) is 3.12. The van der Waals surface area contributed by atoms with E-state index in [1.807, 2.05) is 18.2 Å². The zero-order valence-corrected chi connectivity index (χ0v) is 11.6. The number of hydrogen-bond acceptors (Lipinski definition) is 5. The van der Waals surface area contributed by atoms with Crippen LogP contribution in [0, 0.1) is 6.92 Å². The number of hydrazine groups is 1. The van der Waals surface area contributed by atoms with E-state index < -0.39 is 0 Å². The third kappa shape index (κ3) is 2.88. The number of aryl methyl sites for hydroxylation is 1. The van der Waals surface area contributed by atoms with Crippen LogP contribution in [0.25, 0.3) is 0 Å². The minimum absolute atomic E-state index is 0.518. The van der Waals surface area contributed by atoms with Crippen molar-refractivity contribution in [3.8, 4) is 0 Å². The van der Waals surface area contributed by atoms with Crippen molar-refractivity contribution < 1.29 is 0 Å². The van der Waals surface area contributed by atoms with Crippen molar-refractivity contribution in [2.45, 2.75) is 35.6 Å². The maximum atomic E-state index is 5.48. The van der Waals surface area contributed by atoms with E-state index in [1.165, 1.54) is 23.3 Å². The lowest BCUT2D eigenvalue weighted by Gasteiger charge is -2.08. The van der Waals surface area contributed by atoms with Crippen LogP contribution < -0.4 is 11.3 Å². The first-order valence-electron chi connectivity index (χ1n) is 6.35. The van der Waals surface area contributed by atoms with Crippen molar-refractivity contribution in [1.29, 1.82) is 0 Å². The van der Waals surface area contributed by atoms with Crippen molar-refractivity contribution in [3.63, 3.8) is 0 Å². The molecule has 1 fully saturated rings. The van der Waals surface area contributed by atoms with Gasteiger partial charge in [0, 0.05) is 16.9 Å². The molecular formula is C14H16N4S. The molecule has 98 valence electrons. The second-order valence-electron chi connectivity index (χ2n) is 4.74. The summed E-state index contributed by atoms with van der Waals surface area (Å²) in [6, 6.07) is 10.2. The Kier molecular flexibility index (Phi) is 3.40. The first-order valence-corrected chi connectivity index (χ1v) is 7.17. The zero-order valence-electron chi connectivity index (χ0n) is 10.8. The normalized spacial score (nSPS) is 14.4. The number of hydrogen-bond donors (Lipinski definition) is 2. The highest BCUT2D eigenvalue weighted by Gasteiger charge is 2.27. The topological polar surface area (TPSA) is 63.8 Å². The van der Waals surface area contributed by atoms with Gasteiger partial charge in [-0.25, -0.2) is 15.8 Å². The van der Waals surface area contributed by atoms with E-state index in [0.717, 1.165) is 10.9 Å². The summed E-state index contributed by atoms with van der Waals surface area (Å²) in [5.41, 5.74) is 3.88. The van der Waals surface area contributed by atoms with Gasteiger partial charge >= 0.3 is 0 Å². The molecule has 3 N–H and O–H groups in total. The number of rotatable bonds is 4. The van der Waals surface area contributed by atoms with Crippen LogP contribution in [-0.2, 0) is 0 Å². The van der Waals surface area contributed by atoms with E-state index in [0.29, 0.717) is 11.7 Å². The average molecular weight is 272 g/mol. The van der Waals surface area contributed by atoms with Gasteiger partial charge in [0.15, 0.2) is 0 Å². The fraction of sp³-hybridized carbons (Fsp3) is 0.286. The van der Waals surface area contributed by atoms with Crippen LogP contribution in [0.2, 0.25) is 0 Å². The summed E-state index contributed by atoms with van der Waals surface area (Å²) in [7, 11) is 0. The zero-order chi connectivity index (χ0) is 13.2. The maximum Gasteiger partial charge on any atom is 0.144 e. The summed E-state index contributed by atoms with van der Waals surface area (Å²) in [6.07, 6.45) is 2.37. The highest BCUT2D eigenvalue weighted by atomic mass is 32.2. The standard InChI is InChI=1S/C14H16N4S/c1-9-4-2-3-5-11(9)19-13-8-12(18-15)16-14(17-13)10-6-7-10/h2-5,8,10H,6-7,15H2,1H3,(H,16,17,18). The molecule has 1 aliphatic rings. The van der Waals surface area contributed by atoms with Gasteiger partial charge in [-0.05, 0) is 31.4 Å². The van der Waals surface area contributed by atoms with Crippen LogP contribution in [-0.4, -0.2) is 9.97 Å². The van der Waals surface area contributed by atoms with E-state index >= 15 is 0 Å². The summed E-state index contributed by atoms with van der Waals surface area (Å²) < 4.78 is 0. The van der Waals surface area contributed by atoms with Crippen LogP contribution in [0.3, 0.4) is 0 Å². The minimum atomic E-state index is 0.518. The molecule has 0 unspecified atom stereocenters. The molecule has 5 heteroatoms. The lowest BCUT2D eigenvalue weighted by Crippen LogP contribution is -2.10. The van der Waals surface area contributed by atoms with Gasteiger partial charge in [0.25, 0.3) is 0 Å². The molecule has 0 atom stereocenters. The quantitative estimate of drug-likeness (QED) is 0.508. The van der Waals surface area contributed by atoms with Gasteiger partial charge in [0.05, 0.1) is 0 Å². The summed E-state index contributed by atoms with van der Waals surface area (Å²) in [6.45, 7) is 2.10. The molecule has 1 aliphatic carbocycles. The fourth-order valence-electron chi connectivity index (χ4n) is 1.88. The summed E-state index contributed by atoms with van der Waals surface area (Å²) in [4.78, 5) is 10.3. The van der Waals surface area contributed by atoms with Gasteiger partial charge in [0.2, 0.25) is 0 Å². The number of benzene rings is 1. The van der Waals surface area contributed by atoms with E-state index in [9.17, 15) is 0 Å². The SMILES string of the molecule is Cc1ccccc1Sc1cc(NN)nc(C2CC2)n1. The average Bonchev–Trinajstić information content (AvgIpc) is 3.25. The number of nitrogen functional groups attached to an aromatic ring is 1. The third-order valence-corrected chi connectivity index (χ3v) is 4.21. The van der Waals surface area contributed by atoms with Gasteiger partial charge in [0.1, 0.15) is 16.7 Å². The summed E-state index contributed by atoms with van der Waals surface area (Å²) in [5.74, 6) is 7.60. The second-order valence-corrected chi connectivity index (χ2v) is 5.80. The monoisotopic (exact) mass is 272 g/mol. The van der Waals surface area contributed by atoms with E-state index in [4.69, 9.17) is 5.84 Å². The highest BCUT2D eigenvalue weighted by molar-refractivity contribution is 7.99. The lowest BCUT2D eigenvalue weighted by molar-refractivity contribution is 0.878. The number of aromatic nitrogens is 2. The van der Waals surface area contributed by atoms with Gasteiger partial charge in [-0.2, -0.15) is 0 Å². The van der Waals surface area contributed by atoms with E-state index in [1.54, 1.807) is 11.8 Å². The Labute approximate surface area is 116 Å². The smallest absolute Gasteiger partial charge is 0.144 e. The Morgan fingerprint density at radius 2 is 2.05 bits per heavy atom. The maximum absolute atomic E-state index is 5.48. The Hall–Kier alpha value is -1.59. The molecular weight excluding hydrogens is 256 g/mol. The van der Waals surface area contributed by atoms with Crippen molar-refractivity contribution >= 4 is 17.6 Å². The van der Waals surface area contributed by atoms with Crippen LogP contribution in [0.5, 0.6) is 0 Å². The van der Waals surface area contributed by atoms with Gasteiger partial charge in [-0.1, -0.05) is 30.0 Å². The number of nitrogens with two attached hydrogens (primary N) is 1. The predicted octanol–water partition coefficient (Wildman–Crippen LogP) is 3.10. The molecule has 2 aromatic rings. The van der Waals surface area contributed by atoms with Gasteiger partial charge < -0.3 is 5.43 Å². The Bertz CT molecular complexity index is 596. The molecule has 0 radical (unpaired) electrons. The van der Waals surface area contributed by atoms with Crippen molar-refractivity contribution in [1.82, 2.24) is 9.97 Å². The van der Waals surface area contributed by atoms with Crippen molar-refractivity contribution in [2.24, 2.45) is 5.84 Å². The summed E-state index contributed by atoms with van der Waals surface area (Å²) in [5, 5.41) is 0.944. The molecule has 1 saturated carbocycles. The number of nitrogens with zero attached hydrogens (tertiary/aromatic N) is 2. The predicted molar refractivity (Wildman–Crippen MR) is 77.1 cm³/mol. The number of anilines is 1. The van der Waals surface area contributed by atoms with E-state index in [-0.39, 0.29) is 0 Å². The molecule has 4 nitrogen and oxygen atoms in total. The molecule has 19 heavy (non-hydrogen) atoms. The first-order chi connectivity index (χ1) is 9.26. The summed E-state index contributed by atoms with van der Waals surface area (Å²) >= 11 is 1.66. The second kappa shape index (κ2) is 5.19. The Balaban J connectivity index is 1.91. The highest BCUT2D eigenvalue weighted by Crippen LogP contribution is 2.39. The van der Waals surface area contributed by atoms with Crippen LogP contribution in [0.4, 0.5) is 5.82 Å². The molecule has 1 aromatic heterocycles. The molecule has 0 amide bonds. The van der Waals surface area contributed by atoms with Crippen molar-refractivity contribution in [2.75, 3.05) is 5.43 Å². The lowest BCUT2D eigenvalue weighted by atomic mass is 10.2. The van der Waals surface area contributed by atoms with Crippen LogP contribution >= 0.6 is 11.8 Å². The number of nitrogens with one attached hydrogen (secondary N) is 1.